The second kappa shape index (κ2) is 6.39. The van der Waals surface area contributed by atoms with E-state index in [1.165, 1.54) is 0 Å². The lowest BCUT2D eigenvalue weighted by Gasteiger charge is -2.33. The number of benzene rings is 3. The van der Waals surface area contributed by atoms with E-state index in [0.29, 0.717) is 6.61 Å². The van der Waals surface area contributed by atoms with Crippen LogP contribution in [0.25, 0.3) is 10.8 Å². The molecule has 4 nitrogen and oxygen atoms in total. The molecule has 0 bridgehead atoms. The van der Waals surface area contributed by atoms with Crippen LogP contribution in [0.15, 0.2) is 54.6 Å². The lowest BCUT2D eigenvalue weighted by Crippen LogP contribution is -2.26. The SMILES string of the molecule is CC1(C)CCOc2ccc(C(O)c3ccc4cc(C(=O)O)ccc4c3)cc21. The van der Waals surface area contributed by atoms with Gasteiger partial charge in [-0.2, -0.15) is 0 Å². The summed E-state index contributed by atoms with van der Waals surface area (Å²) in [5.41, 5.74) is 3.00. The molecule has 138 valence electrons. The molecule has 1 aliphatic rings. The maximum absolute atomic E-state index is 11.1. The summed E-state index contributed by atoms with van der Waals surface area (Å²) in [5.74, 6) is -0.0539. The molecule has 4 rings (SSSR count). The predicted molar refractivity (Wildman–Crippen MR) is 105 cm³/mol. The first kappa shape index (κ1) is 17.6. The lowest BCUT2D eigenvalue weighted by molar-refractivity contribution is 0.0697. The third kappa shape index (κ3) is 3.17. The number of carboxylic acids is 1. The third-order valence-corrected chi connectivity index (χ3v) is 5.46. The summed E-state index contributed by atoms with van der Waals surface area (Å²) in [6, 6.07) is 16.5. The zero-order valence-corrected chi connectivity index (χ0v) is 15.4. The Kier molecular flexibility index (Phi) is 4.16. The van der Waals surface area contributed by atoms with Gasteiger partial charge >= 0.3 is 5.97 Å². The van der Waals surface area contributed by atoms with Crippen molar-refractivity contribution in [3.05, 3.63) is 76.9 Å². The topological polar surface area (TPSA) is 66.8 Å². The van der Waals surface area contributed by atoms with Gasteiger partial charge in [0.15, 0.2) is 0 Å². The smallest absolute Gasteiger partial charge is 0.335 e. The average molecular weight is 362 g/mol. The van der Waals surface area contributed by atoms with Crippen LogP contribution in [-0.2, 0) is 5.41 Å². The second-order valence-electron chi connectivity index (χ2n) is 7.77. The molecule has 0 fully saturated rings. The highest BCUT2D eigenvalue weighted by Crippen LogP contribution is 2.40. The van der Waals surface area contributed by atoms with E-state index in [1.807, 2.05) is 36.4 Å². The van der Waals surface area contributed by atoms with Gasteiger partial charge in [0.1, 0.15) is 11.9 Å². The van der Waals surface area contributed by atoms with Crippen molar-refractivity contribution >= 4 is 16.7 Å². The predicted octanol–water partition coefficient (Wildman–Crippen LogP) is 4.68. The van der Waals surface area contributed by atoms with Crippen molar-refractivity contribution in [3.63, 3.8) is 0 Å². The lowest BCUT2D eigenvalue weighted by atomic mass is 9.78. The van der Waals surface area contributed by atoms with Crippen LogP contribution in [0.4, 0.5) is 0 Å². The third-order valence-electron chi connectivity index (χ3n) is 5.46. The first-order valence-corrected chi connectivity index (χ1v) is 9.07. The summed E-state index contributed by atoms with van der Waals surface area (Å²) >= 11 is 0. The number of fused-ring (bicyclic) bond motifs is 2. The number of hydrogen-bond donors (Lipinski definition) is 2. The minimum absolute atomic E-state index is 0.0138. The van der Waals surface area contributed by atoms with Gasteiger partial charge in [-0.15, -0.1) is 0 Å². The molecule has 1 unspecified atom stereocenters. The number of rotatable bonds is 3. The van der Waals surface area contributed by atoms with Gasteiger partial charge in [0.05, 0.1) is 12.2 Å². The van der Waals surface area contributed by atoms with Crippen molar-refractivity contribution in [2.24, 2.45) is 0 Å². The molecular formula is C23H22O4. The first-order chi connectivity index (χ1) is 12.8. The van der Waals surface area contributed by atoms with Gasteiger partial charge in [0.25, 0.3) is 0 Å². The highest BCUT2D eigenvalue weighted by molar-refractivity contribution is 5.94. The number of ether oxygens (including phenoxy) is 1. The van der Waals surface area contributed by atoms with Gasteiger partial charge in [-0.3, -0.25) is 0 Å². The van der Waals surface area contributed by atoms with Crippen molar-refractivity contribution in [2.45, 2.75) is 31.8 Å². The van der Waals surface area contributed by atoms with Gasteiger partial charge < -0.3 is 14.9 Å². The van der Waals surface area contributed by atoms with E-state index in [0.717, 1.165) is 39.6 Å². The molecule has 1 atom stereocenters. The van der Waals surface area contributed by atoms with Crippen LogP contribution in [0.3, 0.4) is 0 Å². The van der Waals surface area contributed by atoms with Gasteiger partial charge in [0, 0.05) is 5.56 Å². The number of aliphatic hydroxyl groups excluding tert-OH is 1. The summed E-state index contributed by atoms with van der Waals surface area (Å²) in [5, 5.41) is 21.8. The number of hydrogen-bond acceptors (Lipinski definition) is 3. The molecule has 3 aromatic rings. The van der Waals surface area contributed by atoms with Gasteiger partial charge in [-0.05, 0) is 64.1 Å². The number of carbonyl (C=O) groups is 1. The molecule has 0 aromatic heterocycles. The van der Waals surface area contributed by atoms with E-state index in [9.17, 15) is 9.90 Å². The standard InChI is InChI=1S/C23H22O4/c1-23(2)9-10-27-20-8-7-17(13-19(20)23)21(24)16-5-3-15-12-18(22(25)26)6-4-14(15)11-16/h3-8,11-13,21,24H,9-10H2,1-2H3,(H,25,26). The van der Waals surface area contributed by atoms with E-state index in [2.05, 4.69) is 13.8 Å². The maximum atomic E-state index is 11.1. The fourth-order valence-corrected chi connectivity index (χ4v) is 3.68. The maximum Gasteiger partial charge on any atom is 0.335 e. The first-order valence-electron chi connectivity index (χ1n) is 9.07. The average Bonchev–Trinajstić information content (AvgIpc) is 2.66. The Labute approximate surface area is 158 Å². The normalized spacial score (nSPS) is 16.4. The zero-order chi connectivity index (χ0) is 19.2. The molecule has 0 aliphatic carbocycles. The van der Waals surface area contributed by atoms with Gasteiger partial charge in [-0.1, -0.05) is 38.1 Å². The number of carboxylic acid groups (broad SMARTS) is 1. The molecular weight excluding hydrogens is 340 g/mol. The molecule has 2 N–H and O–H groups in total. The van der Waals surface area contributed by atoms with Crippen molar-refractivity contribution in [2.75, 3.05) is 6.61 Å². The largest absolute Gasteiger partial charge is 0.493 e. The Morgan fingerprint density at radius 3 is 2.44 bits per heavy atom. The van der Waals surface area contributed by atoms with E-state index >= 15 is 0 Å². The van der Waals surface area contributed by atoms with Crippen LogP contribution in [0.2, 0.25) is 0 Å². The van der Waals surface area contributed by atoms with Crippen LogP contribution in [0.5, 0.6) is 5.75 Å². The zero-order valence-electron chi connectivity index (χ0n) is 15.4. The van der Waals surface area contributed by atoms with Crippen molar-refractivity contribution < 1.29 is 19.7 Å². The molecule has 0 radical (unpaired) electrons. The molecule has 0 spiro atoms. The van der Waals surface area contributed by atoms with Crippen LogP contribution < -0.4 is 4.74 Å². The minimum Gasteiger partial charge on any atom is -0.493 e. The van der Waals surface area contributed by atoms with Gasteiger partial charge in [-0.25, -0.2) is 4.79 Å². The number of aromatic carboxylic acids is 1. The Morgan fingerprint density at radius 1 is 1.00 bits per heavy atom. The van der Waals surface area contributed by atoms with Crippen LogP contribution in [0, 0.1) is 0 Å². The van der Waals surface area contributed by atoms with Gasteiger partial charge in [0.2, 0.25) is 0 Å². The summed E-state index contributed by atoms with van der Waals surface area (Å²) in [6.45, 7) is 5.10. The van der Waals surface area contributed by atoms with E-state index in [-0.39, 0.29) is 11.0 Å². The minimum atomic E-state index is -0.945. The van der Waals surface area contributed by atoms with E-state index in [4.69, 9.17) is 9.84 Å². The summed E-state index contributed by atoms with van der Waals surface area (Å²) < 4.78 is 5.76. The molecule has 3 aromatic carbocycles. The van der Waals surface area contributed by atoms with E-state index < -0.39 is 12.1 Å². The fourth-order valence-electron chi connectivity index (χ4n) is 3.68. The van der Waals surface area contributed by atoms with E-state index in [1.54, 1.807) is 18.2 Å². The van der Waals surface area contributed by atoms with Crippen LogP contribution in [0.1, 0.15) is 53.4 Å². The summed E-state index contributed by atoms with van der Waals surface area (Å²) in [7, 11) is 0. The highest BCUT2D eigenvalue weighted by atomic mass is 16.5. The number of aliphatic hydroxyl groups is 1. The van der Waals surface area contributed by atoms with Crippen molar-refractivity contribution in [1.29, 1.82) is 0 Å². The quantitative estimate of drug-likeness (QED) is 0.710. The molecule has 1 aliphatic heterocycles. The summed E-state index contributed by atoms with van der Waals surface area (Å²) in [4.78, 5) is 11.1. The molecule has 0 saturated carbocycles. The van der Waals surface area contributed by atoms with Crippen molar-refractivity contribution in [3.8, 4) is 5.75 Å². The molecule has 0 saturated heterocycles. The van der Waals surface area contributed by atoms with Crippen LogP contribution in [-0.4, -0.2) is 22.8 Å². The Hall–Kier alpha value is -2.85. The molecule has 27 heavy (non-hydrogen) atoms. The van der Waals surface area contributed by atoms with Crippen LogP contribution >= 0.6 is 0 Å². The molecule has 1 heterocycles. The van der Waals surface area contributed by atoms with Crippen molar-refractivity contribution in [1.82, 2.24) is 0 Å². The Morgan fingerprint density at radius 2 is 1.67 bits per heavy atom. The monoisotopic (exact) mass is 362 g/mol. The fraction of sp³-hybridized carbons (Fsp3) is 0.261. The Balaban J connectivity index is 1.71. The Bertz CT molecular complexity index is 1040. The highest BCUT2D eigenvalue weighted by Gasteiger charge is 2.29. The summed E-state index contributed by atoms with van der Waals surface area (Å²) in [6.07, 6.45) is 0.193. The second-order valence-corrected chi connectivity index (χ2v) is 7.77. The molecule has 0 amide bonds. The molecule has 4 heteroatoms.